The molecule has 20 heavy (non-hydrogen) atoms. The lowest BCUT2D eigenvalue weighted by molar-refractivity contribution is -0.174. The highest BCUT2D eigenvalue weighted by Crippen LogP contribution is 2.31. The minimum atomic E-state index is -3.03. The van der Waals surface area contributed by atoms with Crippen LogP contribution in [0.15, 0.2) is 0 Å². The van der Waals surface area contributed by atoms with Crippen LogP contribution in [0.3, 0.4) is 0 Å². The second kappa shape index (κ2) is 6.30. The highest BCUT2D eigenvalue weighted by atomic mass is 19.3. The Balaban J connectivity index is 1.99. The molecular formula is C12H20F2N3O3-. The molecule has 8 heteroatoms. The van der Waals surface area contributed by atoms with Crippen LogP contribution >= 0.6 is 0 Å². The second-order valence-corrected chi connectivity index (χ2v) is 5.09. The summed E-state index contributed by atoms with van der Waals surface area (Å²) in [5.74, 6) is -3.37. The summed E-state index contributed by atoms with van der Waals surface area (Å²) in [6.45, 7) is 0.266. The first-order chi connectivity index (χ1) is 9.49. The van der Waals surface area contributed by atoms with Gasteiger partial charge in [0, 0.05) is 20.2 Å². The molecule has 0 spiro atoms. The van der Waals surface area contributed by atoms with Crippen LogP contribution in [-0.4, -0.2) is 78.9 Å². The van der Waals surface area contributed by atoms with Crippen molar-refractivity contribution in [1.82, 2.24) is 9.91 Å². The van der Waals surface area contributed by atoms with Gasteiger partial charge in [0.25, 0.3) is 5.92 Å². The summed E-state index contributed by atoms with van der Waals surface area (Å²) < 4.78 is 32.4. The molecule has 2 aliphatic heterocycles. The molecule has 6 nitrogen and oxygen atoms in total. The third kappa shape index (κ3) is 3.08. The third-order valence-electron chi connectivity index (χ3n) is 3.79. The lowest BCUT2D eigenvalue weighted by atomic mass is 10.0. The fourth-order valence-electron chi connectivity index (χ4n) is 2.74. The molecule has 0 bridgehead atoms. The number of aliphatic hydroxyl groups excluding tert-OH is 1. The molecular weight excluding hydrogens is 272 g/mol. The Morgan fingerprint density at radius 1 is 1.50 bits per heavy atom. The quantitative estimate of drug-likeness (QED) is 0.805. The number of methoxy groups -OCH3 is 1. The summed E-state index contributed by atoms with van der Waals surface area (Å²) in [6.07, 6.45) is -0.498. The van der Waals surface area contributed by atoms with E-state index in [9.17, 15) is 13.6 Å². The number of carbonyl (C=O) groups excluding carboxylic acids is 1. The highest BCUT2D eigenvalue weighted by Gasteiger charge is 2.47. The maximum atomic E-state index is 13.8. The molecule has 1 unspecified atom stereocenters. The van der Waals surface area contributed by atoms with E-state index in [1.54, 1.807) is 0 Å². The fourth-order valence-corrected chi connectivity index (χ4v) is 2.74. The molecule has 116 valence electrons. The summed E-state index contributed by atoms with van der Waals surface area (Å²) >= 11 is 0. The second-order valence-electron chi connectivity index (χ2n) is 5.09. The number of hydrogen-bond donors (Lipinski definition) is 1. The van der Waals surface area contributed by atoms with E-state index in [4.69, 9.17) is 9.84 Å². The average Bonchev–Trinajstić information content (AvgIpc) is 2.85. The first kappa shape index (κ1) is 15.6. The van der Waals surface area contributed by atoms with Crippen LogP contribution in [0.5, 0.6) is 0 Å². The number of nitrogens with zero attached hydrogens (tertiary/aromatic N) is 3. The summed E-state index contributed by atoms with van der Waals surface area (Å²) in [5, 5.41) is 10.4. The Morgan fingerprint density at radius 2 is 2.25 bits per heavy atom. The average molecular weight is 292 g/mol. The van der Waals surface area contributed by atoms with Gasteiger partial charge in [-0.1, -0.05) is 0 Å². The normalized spacial score (nSPS) is 30.7. The van der Waals surface area contributed by atoms with Crippen LogP contribution in [0.1, 0.15) is 12.8 Å². The SMILES string of the molecule is CO[C@H]1CCN(C(=O)C2CC[N-]N2CCO)CC1(F)F. The Hall–Kier alpha value is -0.830. The number of aliphatic hydroxyl groups is 1. The number of piperidine rings is 1. The van der Waals surface area contributed by atoms with Crippen molar-refractivity contribution in [2.75, 3.05) is 39.9 Å². The van der Waals surface area contributed by atoms with Gasteiger partial charge in [-0.2, -0.15) is 0 Å². The third-order valence-corrected chi connectivity index (χ3v) is 3.79. The van der Waals surface area contributed by atoms with Crippen LogP contribution in [0, 0.1) is 0 Å². The molecule has 1 N–H and O–H groups in total. The molecule has 2 aliphatic rings. The van der Waals surface area contributed by atoms with E-state index in [2.05, 4.69) is 5.43 Å². The van der Waals surface area contributed by atoms with Gasteiger partial charge in [-0.05, 0) is 12.8 Å². The Morgan fingerprint density at radius 3 is 2.85 bits per heavy atom. The molecule has 0 aromatic rings. The number of halogens is 2. The molecule has 2 atom stereocenters. The topological polar surface area (TPSA) is 67.1 Å². The number of rotatable bonds is 4. The van der Waals surface area contributed by atoms with Crippen molar-refractivity contribution in [3.63, 3.8) is 0 Å². The van der Waals surface area contributed by atoms with Gasteiger partial charge in [-0.3, -0.25) is 4.79 Å². The number of hydrogen-bond acceptors (Lipinski definition) is 4. The first-order valence-corrected chi connectivity index (χ1v) is 6.74. The Kier molecular flexibility index (Phi) is 4.90. The number of likely N-dealkylation sites (tertiary alicyclic amines) is 1. The van der Waals surface area contributed by atoms with Crippen molar-refractivity contribution in [2.45, 2.75) is 30.9 Å². The van der Waals surface area contributed by atoms with E-state index in [1.165, 1.54) is 17.0 Å². The number of β-amino-alcohol motifs (C(OH)–C–C–N with tert-alkyl or cyclic N) is 1. The fraction of sp³-hybridized carbons (Fsp3) is 0.917. The number of alkyl halides is 2. The Labute approximate surface area is 116 Å². The summed E-state index contributed by atoms with van der Waals surface area (Å²) in [4.78, 5) is 13.5. The molecule has 0 aromatic heterocycles. The summed E-state index contributed by atoms with van der Waals surface area (Å²) in [7, 11) is 1.26. The van der Waals surface area contributed by atoms with Crippen molar-refractivity contribution in [3.05, 3.63) is 5.43 Å². The van der Waals surface area contributed by atoms with Crippen molar-refractivity contribution in [3.8, 4) is 0 Å². The summed E-state index contributed by atoms with van der Waals surface area (Å²) in [6, 6.07) is -0.531. The van der Waals surface area contributed by atoms with E-state index in [0.717, 1.165) is 0 Å². The van der Waals surface area contributed by atoms with E-state index < -0.39 is 24.6 Å². The van der Waals surface area contributed by atoms with E-state index in [-0.39, 0.29) is 32.0 Å². The van der Waals surface area contributed by atoms with Gasteiger partial charge in [-0.15, -0.1) is 6.54 Å². The number of amides is 1. The van der Waals surface area contributed by atoms with Gasteiger partial charge in [0.1, 0.15) is 6.10 Å². The van der Waals surface area contributed by atoms with Gasteiger partial charge in [0.15, 0.2) is 0 Å². The minimum absolute atomic E-state index is 0.116. The zero-order valence-corrected chi connectivity index (χ0v) is 11.5. The van der Waals surface area contributed by atoms with Gasteiger partial charge in [0.2, 0.25) is 5.91 Å². The molecule has 2 heterocycles. The van der Waals surface area contributed by atoms with Crippen LogP contribution in [0.25, 0.3) is 5.43 Å². The zero-order chi connectivity index (χ0) is 14.8. The maximum Gasteiger partial charge on any atom is 0.290 e. The maximum absolute atomic E-state index is 13.8. The van der Waals surface area contributed by atoms with Gasteiger partial charge < -0.3 is 25.2 Å². The molecule has 0 aliphatic carbocycles. The number of ether oxygens (including phenoxy) is 1. The molecule has 2 rings (SSSR count). The zero-order valence-electron chi connectivity index (χ0n) is 11.5. The van der Waals surface area contributed by atoms with Crippen LogP contribution in [-0.2, 0) is 9.53 Å². The summed E-state index contributed by atoms with van der Waals surface area (Å²) in [5.41, 5.74) is 4.10. The molecule has 2 fully saturated rings. The smallest absolute Gasteiger partial charge is 0.290 e. The van der Waals surface area contributed by atoms with E-state index in [1.807, 2.05) is 0 Å². The monoisotopic (exact) mass is 292 g/mol. The standard InChI is InChI=1S/C12H20F2N3O3/c1-20-10-3-5-16(8-12(10,13)14)11(19)9-2-4-15-17(9)6-7-18/h9-10,18H,2-8H2,1H3/q-1/t9?,10-/m0/s1. The predicted octanol–water partition coefficient (Wildman–Crippen LogP) is 0.224. The van der Waals surface area contributed by atoms with E-state index in [0.29, 0.717) is 13.0 Å². The molecule has 0 aromatic carbocycles. The minimum Gasteiger partial charge on any atom is -0.594 e. The molecule has 1 amide bonds. The first-order valence-electron chi connectivity index (χ1n) is 6.74. The molecule has 0 saturated carbocycles. The van der Waals surface area contributed by atoms with Crippen LogP contribution in [0.2, 0.25) is 0 Å². The lowest BCUT2D eigenvalue weighted by Gasteiger charge is -2.41. The van der Waals surface area contributed by atoms with Crippen molar-refractivity contribution in [2.24, 2.45) is 0 Å². The van der Waals surface area contributed by atoms with Crippen LogP contribution in [0.4, 0.5) is 8.78 Å². The van der Waals surface area contributed by atoms with Gasteiger partial charge >= 0.3 is 0 Å². The Bertz CT molecular complexity index is 357. The van der Waals surface area contributed by atoms with Crippen molar-refractivity contribution < 1.29 is 23.4 Å². The largest absolute Gasteiger partial charge is 0.594 e. The predicted molar refractivity (Wildman–Crippen MR) is 67.4 cm³/mol. The lowest BCUT2D eigenvalue weighted by Crippen LogP contribution is -2.57. The number of carbonyl (C=O) groups is 1. The molecule has 2 saturated heterocycles. The van der Waals surface area contributed by atoms with Crippen molar-refractivity contribution in [1.29, 1.82) is 0 Å². The highest BCUT2D eigenvalue weighted by molar-refractivity contribution is 5.82. The van der Waals surface area contributed by atoms with Crippen molar-refractivity contribution >= 4 is 5.91 Å². The van der Waals surface area contributed by atoms with Crippen LogP contribution < -0.4 is 0 Å². The van der Waals surface area contributed by atoms with E-state index >= 15 is 0 Å². The van der Waals surface area contributed by atoms with Gasteiger partial charge in [0.05, 0.1) is 19.2 Å². The molecule has 0 radical (unpaired) electrons. The van der Waals surface area contributed by atoms with Gasteiger partial charge in [-0.25, -0.2) is 8.78 Å².